The number of rotatable bonds is 12. The Bertz CT molecular complexity index is 1110. The lowest BCUT2D eigenvalue weighted by Crippen LogP contribution is -2.34. The number of carbonyl (C=O) groups is 1. The summed E-state index contributed by atoms with van der Waals surface area (Å²) in [7, 11) is 3.47. The van der Waals surface area contributed by atoms with Crippen molar-refractivity contribution in [3.8, 4) is 5.75 Å². The molecule has 0 spiro atoms. The molecule has 0 unspecified atom stereocenters. The normalized spacial score (nSPS) is 18.4. The van der Waals surface area contributed by atoms with Crippen molar-refractivity contribution in [1.29, 1.82) is 0 Å². The molecule has 1 aromatic carbocycles. The van der Waals surface area contributed by atoms with E-state index < -0.39 is 17.8 Å². The Morgan fingerprint density at radius 3 is 2.79 bits per heavy atom. The van der Waals surface area contributed by atoms with Gasteiger partial charge in [0.1, 0.15) is 11.9 Å². The molecule has 1 saturated heterocycles. The predicted molar refractivity (Wildman–Crippen MR) is 147 cm³/mol. The summed E-state index contributed by atoms with van der Waals surface area (Å²) in [6.07, 6.45) is 4.67. The number of hydrogen-bond donors (Lipinski definition) is 2. The highest BCUT2D eigenvalue weighted by Gasteiger charge is 2.36. The molecule has 0 aliphatic carbocycles. The van der Waals surface area contributed by atoms with Gasteiger partial charge in [0.05, 0.1) is 18.9 Å². The molecular formula is C29H41FN4O4. The molecule has 3 heterocycles. The fraction of sp³-hybridized carbons (Fsp3) is 0.586. The smallest absolute Gasteiger partial charge is 0.325 e. The summed E-state index contributed by atoms with van der Waals surface area (Å²) < 4.78 is 26.2. The molecule has 1 fully saturated rings. The number of aryl methyl sites for hydroxylation is 1. The summed E-state index contributed by atoms with van der Waals surface area (Å²) in [5.74, 6) is -0.494. The number of likely N-dealkylation sites (tertiary alicyclic amines) is 1. The zero-order valence-corrected chi connectivity index (χ0v) is 23.0. The second-order valence-electron chi connectivity index (χ2n) is 10.6. The fourth-order valence-corrected chi connectivity index (χ4v) is 5.37. The van der Waals surface area contributed by atoms with Crippen molar-refractivity contribution in [3.63, 3.8) is 0 Å². The van der Waals surface area contributed by atoms with Gasteiger partial charge in [-0.3, -0.25) is 9.69 Å². The quantitative estimate of drug-likeness (QED) is 0.379. The number of nitrogens with zero attached hydrogens (tertiary/aromatic N) is 3. The van der Waals surface area contributed by atoms with E-state index in [0.29, 0.717) is 25.3 Å². The van der Waals surface area contributed by atoms with Gasteiger partial charge in [0.15, 0.2) is 11.6 Å². The van der Waals surface area contributed by atoms with Crippen molar-refractivity contribution >= 4 is 17.5 Å². The number of methoxy groups -OCH3 is 1. The highest BCUT2D eigenvalue weighted by molar-refractivity contribution is 5.77. The van der Waals surface area contributed by atoms with Crippen LogP contribution < -0.4 is 15.0 Å². The maximum absolute atomic E-state index is 14.8. The minimum Gasteiger partial charge on any atom is -0.493 e. The van der Waals surface area contributed by atoms with Crippen LogP contribution in [0.2, 0.25) is 0 Å². The first-order valence-electron chi connectivity index (χ1n) is 13.7. The first-order chi connectivity index (χ1) is 18.3. The minimum atomic E-state index is -1.01. The second-order valence-corrected chi connectivity index (χ2v) is 10.6. The van der Waals surface area contributed by atoms with Crippen LogP contribution in [0.25, 0.3) is 0 Å². The number of unbranched alkanes of at least 4 members (excludes halogenated alkanes) is 2. The zero-order chi connectivity index (χ0) is 27.2. The lowest BCUT2D eigenvalue weighted by Gasteiger charge is -2.27. The number of carboxylic acids is 1. The largest absolute Gasteiger partial charge is 0.493 e. The third-order valence-corrected chi connectivity index (χ3v) is 7.55. The van der Waals surface area contributed by atoms with E-state index in [1.54, 1.807) is 6.07 Å². The van der Waals surface area contributed by atoms with E-state index in [4.69, 9.17) is 14.5 Å². The molecule has 8 nitrogen and oxygen atoms in total. The number of aromatic nitrogens is 1. The zero-order valence-electron chi connectivity index (χ0n) is 23.0. The van der Waals surface area contributed by atoms with Gasteiger partial charge < -0.3 is 24.8 Å². The lowest BCUT2D eigenvalue weighted by molar-refractivity contribution is -0.143. The van der Waals surface area contributed by atoms with Crippen LogP contribution in [0.15, 0.2) is 24.3 Å². The summed E-state index contributed by atoms with van der Waals surface area (Å²) in [6.45, 7) is 7.53. The van der Waals surface area contributed by atoms with Gasteiger partial charge in [-0.1, -0.05) is 20.3 Å². The second kappa shape index (κ2) is 12.8. The van der Waals surface area contributed by atoms with Crippen molar-refractivity contribution in [2.24, 2.45) is 0 Å². The molecule has 0 saturated carbocycles. The lowest BCUT2D eigenvalue weighted by atomic mass is 9.95. The fourth-order valence-electron chi connectivity index (χ4n) is 5.37. The van der Waals surface area contributed by atoms with E-state index in [9.17, 15) is 14.3 Å². The molecular weight excluding hydrogens is 487 g/mol. The minimum absolute atomic E-state index is 0.00221. The topological polar surface area (TPSA) is 87.2 Å². The first kappa shape index (κ1) is 28.1. The van der Waals surface area contributed by atoms with Crippen molar-refractivity contribution in [3.05, 3.63) is 46.9 Å². The molecule has 0 bridgehead atoms. The number of halogens is 1. The van der Waals surface area contributed by atoms with Crippen molar-refractivity contribution < 1.29 is 23.8 Å². The number of nitrogens with one attached hydrogen (secondary N) is 1. The van der Waals surface area contributed by atoms with Crippen molar-refractivity contribution in [1.82, 2.24) is 9.88 Å². The molecule has 0 radical (unpaired) electrons. The van der Waals surface area contributed by atoms with E-state index in [-0.39, 0.29) is 17.8 Å². The molecule has 1 aromatic heterocycles. The summed E-state index contributed by atoms with van der Waals surface area (Å²) in [5.41, 5.74) is 3.38. The van der Waals surface area contributed by atoms with Crippen LogP contribution in [0, 0.1) is 5.82 Å². The van der Waals surface area contributed by atoms with Crippen LogP contribution >= 0.6 is 0 Å². The van der Waals surface area contributed by atoms with Crippen LogP contribution in [-0.2, 0) is 16.0 Å². The Kier molecular flexibility index (Phi) is 9.44. The molecule has 2 aliphatic rings. The first-order valence-corrected chi connectivity index (χ1v) is 13.7. The van der Waals surface area contributed by atoms with Gasteiger partial charge in [-0.25, -0.2) is 9.37 Å². The van der Waals surface area contributed by atoms with E-state index >= 15 is 0 Å². The maximum Gasteiger partial charge on any atom is 0.325 e. The molecule has 2 N–H and O–H groups in total. The van der Waals surface area contributed by atoms with Gasteiger partial charge in [0.2, 0.25) is 0 Å². The summed E-state index contributed by atoms with van der Waals surface area (Å²) >= 11 is 0. The molecule has 2 aliphatic heterocycles. The number of anilines is 2. The van der Waals surface area contributed by atoms with Crippen LogP contribution in [0.4, 0.5) is 15.9 Å². The molecule has 2 aromatic rings. The van der Waals surface area contributed by atoms with E-state index in [2.05, 4.69) is 29.4 Å². The Hall–Kier alpha value is -2.91. The van der Waals surface area contributed by atoms with Gasteiger partial charge in [-0.15, -0.1) is 0 Å². The van der Waals surface area contributed by atoms with Crippen molar-refractivity contribution in [2.45, 2.75) is 64.0 Å². The Morgan fingerprint density at radius 1 is 1.24 bits per heavy atom. The molecule has 4 rings (SSSR count). The average molecular weight is 529 g/mol. The highest BCUT2D eigenvalue weighted by atomic mass is 19.1. The molecule has 2 atom stereocenters. The number of carboxylic acid groups (broad SMARTS) is 1. The number of aliphatic carboxylic acids is 1. The number of benzene rings is 1. The number of fused-ring (bicyclic) bond motifs is 1. The van der Waals surface area contributed by atoms with Crippen LogP contribution in [0.1, 0.15) is 68.3 Å². The SMILES string of the molecule is COc1c(F)cc(C(C)C)cc1[C@H](C(=O)O)N1CC[C@@H](OCCCCCc2ccc3c(n2)NCCN3C)C1. The van der Waals surface area contributed by atoms with E-state index in [1.165, 1.54) is 13.2 Å². The summed E-state index contributed by atoms with van der Waals surface area (Å²) in [6, 6.07) is 6.48. The van der Waals surface area contributed by atoms with E-state index in [0.717, 1.165) is 68.0 Å². The third-order valence-electron chi connectivity index (χ3n) is 7.55. The summed E-state index contributed by atoms with van der Waals surface area (Å²) in [4.78, 5) is 21.2. The number of likely N-dealkylation sites (N-methyl/N-ethyl adjacent to an activating group) is 1. The van der Waals surface area contributed by atoms with Crippen LogP contribution in [-0.4, -0.2) is 74.0 Å². The Balaban J connectivity index is 1.25. The Labute approximate surface area is 225 Å². The monoisotopic (exact) mass is 528 g/mol. The predicted octanol–water partition coefficient (Wildman–Crippen LogP) is 4.84. The standard InChI is InChI=1S/C29H41FN4O4/c1-19(2)20-16-23(27(37-4)24(30)17-20)26(29(35)36)34-13-11-22(18-34)38-15-7-5-6-8-21-9-10-25-28(32-21)31-12-14-33(25)3/h9-10,16-17,19,22,26H,5-8,11-15,18H2,1-4H3,(H,31,32)(H,35,36)/t22-,26-/m1/s1. The molecule has 9 heteroatoms. The molecule has 208 valence electrons. The molecule has 0 amide bonds. The van der Waals surface area contributed by atoms with E-state index in [1.807, 2.05) is 18.7 Å². The van der Waals surface area contributed by atoms with Gasteiger partial charge in [-0.2, -0.15) is 0 Å². The highest BCUT2D eigenvalue weighted by Crippen LogP contribution is 2.37. The number of ether oxygens (including phenoxy) is 2. The molecule has 38 heavy (non-hydrogen) atoms. The third kappa shape index (κ3) is 6.56. The average Bonchev–Trinajstić information content (AvgIpc) is 3.34. The van der Waals surface area contributed by atoms with Gasteiger partial charge in [0, 0.05) is 51.1 Å². The van der Waals surface area contributed by atoms with Gasteiger partial charge in [0.25, 0.3) is 0 Å². The van der Waals surface area contributed by atoms with Crippen LogP contribution in [0.3, 0.4) is 0 Å². The summed E-state index contributed by atoms with van der Waals surface area (Å²) in [5, 5.41) is 13.5. The maximum atomic E-state index is 14.8. The number of hydrogen-bond acceptors (Lipinski definition) is 7. The van der Waals surface area contributed by atoms with Gasteiger partial charge >= 0.3 is 5.97 Å². The number of pyridine rings is 1. The van der Waals surface area contributed by atoms with Crippen LogP contribution in [0.5, 0.6) is 5.75 Å². The Morgan fingerprint density at radius 2 is 2.05 bits per heavy atom. The van der Waals surface area contributed by atoms with Crippen molar-refractivity contribution in [2.75, 3.05) is 57.2 Å². The van der Waals surface area contributed by atoms with Gasteiger partial charge in [-0.05, 0) is 61.4 Å².